The quantitative estimate of drug-likeness (QED) is 0.518. The third-order valence-electron chi connectivity index (χ3n) is 4.04. The number of halogens is 3. The Morgan fingerprint density at radius 2 is 1.76 bits per heavy atom. The van der Waals surface area contributed by atoms with E-state index in [0.717, 1.165) is 12.1 Å². The number of alkyl halides is 3. The molecule has 2 aromatic carbocycles. The van der Waals surface area contributed by atoms with Crippen LogP contribution in [0.4, 0.5) is 30.2 Å². The van der Waals surface area contributed by atoms with Crippen molar-refractivity contribution in [3.63, 3.8) is 0 Å². The summed E-state index contributed by atoms with van der Waals surface area (Å²) in [6, 6.07) is 9.41. The van der Waals surface area contributed by atoms with Gasteiger partial charge in [0.1, 0.15) is 5.69 Å². The average Bonchev–Trinajstić information content (AvgIpc) is 3.05. The SMILES string of the molecule is CCOC(=O)c1cc2c(Nc3ccc(C(F)(F)F)cc3)cc(NC(C)=O)cc2[nH]1. The number of esters is 1. The van der Waals surface area contributed by atoms with E-state index in [2.05, 4.69) is 15.6 Å². The molecule has 0 fully saturated rings. The largest absolute Gasteiger partial charge is 0.461 e. The van der Waals surface area contributed by atoms with E-state index in [1.165, 1.54) is 19.1 Å². The van der Waals surface area contributed by atoms with Gasteiger partial charge in [-0.05, 0) is 49.4 Å². The predicted molar refractivity (Wildman–Crippen MR) is 103 cm³/mol. The highest BCUT2D eigenvalue weighted by molar-refractivity contribution is 6.03. The monoisotopic (exact) mass is 405 g/mol. The smallest absolute Gasteiger partial charge is 0.416 e. The van der Waals surface area contributed by atoms with Crippen LogP contribution in [0.1, 0.15) is 29.9 Å². The van der Waals surface area contributed by atoms with E-state index in [0.29, 0.717) is 28.0 Å². The van der Waals surface area contributed by atoms with E-state index >= 15 is 0 Å². The van der Waals surface area contributed by atoms with Crippen LogP contribution in [-0.2, 0) is 15.7 Å². The van der Waals surface area contributed by atoms with Crippen LogP contribution in [0.2, 0.25) is 0 Å². The molecule has 9 heteroatoms. The summed E-state index contributed by atoms with van der Waals surface area (Å²) in [5, 5.41) is 6.30. The van der Waals surface area contributed by atoms with Crippen LogP contribution in [0.15, 0.2) is 42.5 Å². The summed E-state index contributed by atoms with van der Waals surface area (Å²) in [5.41, 5.74) is 1.38. The van der Waals surface area contributed by atoms with Crippen LogP contribution >= 0.6 is 0 Å². The Bertz CT molecular complexity index is 1060. The summed E-state index contributed by atoms with van der Waals surface area (Å²) in [6.45, 7) is 3.25. The van der Waals surface area contributed by atoms with Crippen molar-refractivity contribution in [2.24, 2.45) is 0 Å². The Morgan fingerprint density at radius 3 is 2.34 bits per heavy atom. The fourth-order valence-electron chi connectivity index (χ4n) is 2.83. The van der Waals surface area contributed by atoms with E-state index in [1.807, 2.05) is 0 Å². The molecule has 0 spiro atoms. The van der Waals surface area contributed by atoms with Crippen LogP contribution in [0.25, 0.3) is 10.9 Å². The van der Waals surface area contributed by atoms with Gasteiger partial charge in [-0.15, -0.1) is 0 Å². The Balaban J connectivity index is 2.01. The fraction of sp³-hybridized carbons (Fsp3) is 0.200. The van der Waals surface area contributed by atoms with E-state index in [-0.39, 0.29) is 18.2 Å². The van der Waals surface area contributed by atoms with Gasteiger partial charge in [0.05, 0.1) is 23.4 Å². The lowest BCUT2D eigenvalue weighted by Gasteiger charge is -2.12. The lowest BCUT2D eigenvalue weighted by atomic mass is 10.1. The predicted octanol–water partition coefficient (Wildman–Crippen LogP) is 5.07. The minimum atomic E-state index is -4.42. The van der Waals surface area contributed by atoms with E-state index in [4.69, 9.17) is 4.74 Å². The van der Waals surface area contributed by atoms with Crippen LogP contribution in [-0.4, -0.2) is 23.5 Å². The first-order chi connectivity index (χ1) is 13.7. The summed E-state index contributed by atoms with van der Waals surface area (Å²) < 4.78 is 43.3. The minimum absolute atomic E-state index is 0.210. The number of nitrogens with one attached hydrogen (secondary N) is 3. The summed E-state index contributed by atoms with van der Waals surface area (Å²) >= 11 is 0. The summed E-state index contributed by atoms with van der Waals surface area (Å²) in [6.07, 6.45) is -4.42. The molecule has 0 saturated carbocycles. The number of rotatable bonds is 5. The summed E-state index contributed by atoms with van der Waals surface area (Å²) in [7, 11) is 0. The molecule has 0 aliphatic heterocycles. The van der Waals surface area contributed by atoms with Gasteiger partial charge in [-0.25, -0.2) is 4.79 Å². The molecule has 3 aromatic rings. The second-order valence-corrected chi connectivity index (χ2v) is 6.27. The molecule has 0 bridgehead atoms. The highest BCUT2D eigenvalue weighted by atomic mass is 19.4. The van der Waals surface area contributed by atoms with Crippen molar-refractivity contribution < 1.29 is 27.5 Å². The van der Waals surface area contributed by atoms with Crippen LogP contribution < -0.4 is 10.6 Å². The van der Waals surface area contributed by atoms with Crippen molar-refractivity contribution in [2.75, 3.05) is 17.2 Å². The van der Waals surface area contributed by atoms with E-state index in [1.54, 1.807) is 25.1 Å². The lowest BCUT2D eigenvalue weighted by molar-refractivity contribution is -0.137. The maximum absolute atomic E-state index is 12.8. The first-order valence-electron chi connectivity index (χ1n) is 8.73. The number of benzene rings is 2. The van der Waals surface area contributed by atoms with E-state index in [9.17, 15) is 22.8 Å². The molecular formula is C20H18F3N3O3. The molecule has 3 N–H and O–H groups in total. The lowest BCUT2D eigenvalue weighted by Crippen LogP contribution is -2.06. The van der Waals surface area contributed by atoms with Crippen LogP contribution in [0.3, 0.4) is 0 Å². The Kier molecular flexibility index (Phi) is 5.49. The molecule has 0 aliphatic rings. The topological polar surface area (TPSA) is 83.2 Å². The third kappa shape index (κ3) is 4.68. The highest BCUT2D eigenvalue weighted by Gasteiger charge is 2.30. The standard InChI is InChI=1S/C20H18F3N3O3/c1-3-29-19(28)18-10-15-16(8-14(24-11(2)27)9-17(15)26-18)25-13-6-4-12(5-7-13)20(21,22)23/h4-10,25-26H,3H2,1-2H3,(H,24,27). The number of ether oxygens (including phenoxy) is 1. The Hall–Kier alpha value is -3.49. The molecule has 3 rings (SSSR count). The maximum Gasteiger partial charge on any atom is 0.416 e. The van der Waals surface area contributed by atoms with Crippen molar-refractivity contribution in [3.05, 3.63) is 53.7 Å². The average molecular weight is 405 g/mol. The van der Waals surface area contributed by atoms with Gasteiger partial charge in [0, 0.05) is 23.7 Å². The highest BCUT2D eigenvalue weighted by Crippen LogP contribution is 2.33. The normalized spacial score (nSPS) is 11.3. The second kappa shape index (κ2) is 7.86. The number of anilines is 3. The van der Waals surface area contributed by atoms with Gasteiger partial charge in [0.25, 0.3) is 0 Å². The van der Waals surface area contributed by atoms with Gasteiger partial charge in [-0.1, -0.05) is 0 Å². The molecule has 152 valence electrons. The fourth-order valence-corrected chi connectivity index (χ4v) is 2.83. The third-order valence-corrected chi connectivity index (χ3v) is 4.04. The molecule has 0 unspecified atom stereocenters. The number of carbonyl (C=O) groups is 2. The van der Waals surface area contributed by atoms with Gasteiger partial charge >= 0.3 is 12.1 Å². The summed E-state index contributed by atoms with van der Waals surface area (Å²) in [5.74, 6) is -0.827. The van der Waals surface area contributed by atoms with Crippen molar-refractivity contribution in [2.45, 2.75) is 20.0 Å². The van der Waals surface area contributed by atoms with Crippen molar-refractivity contribution >= 4 is 39.8 Å². The molecule has 0 saturated heterocycles. The zero-order valence-electron chi connectivity index (χ0n) is 15.6. The molecule has 0 atom stereocenters. The van der Waals surface area contributed by atoms with Gasteiger partial charge in [0.2, 0.25) is 5.91 Å². The number of amides is 1. The van der Waals surface area contributed by atoms with Crippen molar-refractivity contribution in [1.29, 1.82) is 0 Å². The van der Waals surface area contributed by atoms with Crippen LogP contribution in [0.5, 0.6) is 0 Å². The zero-order valence-corrected chi connectivity index (χ0v) is 15.6. The van der Waals surface area contributed by atoms with Gasteiger partial charge in [-0.3, -0.25) is 4.79 Å². The minimum Gasteiger partial charge on any atom is -0.461 e. The second-order valence-electron chi connectivity index (χ2n) is 6.27. The molecule has 1 heterocycles. The molecule has 1 aromatic heterocycles. The first-order valence-corrected chi connectivity index (χ1v) is 8.73. The van der Waals surface area contributed by atoms with Crippen LogP contribution in [0, 0.1) is 0 Å². The molecule has 1 amide bonds. The number of H-pyrrole nitrogens is 1. The number of fused-ring (bicyclic) bond motifs is 1. The van der Waals surface area contributed by atoms with Gasteiger partial charge < -0.3 is 20.4 Å². The molecule has 0 aliphatic carbocycles. The number of hydrogen-bond donors (Lipinski definition) is 3. The van der Waals surface area contributed by atoms with Gasteiger partial charge in [0.15, 0.2) is 0 Å². The zero-order chi connectivity index (χ0) is 21.2. The molecule has 29 heavy (non-hydrogen) atoms. The van der Waals surface area contributed by atoms with Crippen molar-refractivity contribution in [1.82, 2.24) is 4.98 Å². The first kappa shape index (κ1) is 20.2. The number of carbonyl (C=O) groups excluding carboxylic acids is 2. The summed E-state index contributed by atoms with van der Waals surface area (Å²) in [4.78, 5) is 26.4. The maximum atomic E-state index is 12.8. The molecular weight excluding hydrogens is 387 g/mol. The Labute approximate surface area is 164 Å². The van der Waals surface area contributed by atoms with E-state index < -0.39 is 17.7 Å². The van der Waals surface area contributed by atoms with Gasteiger partial charge in [-0.2, -0.15) is 13.2 Å². The number of aromatic amines is 1. The number of hydrogen-bond acceptors (Lipinski definition) is 4. The Morgan fingerprint density at radius 1 is 1.07 bits per heavy atom. The molecule has 0 radical (unpaired) electrons. The van der Waals surface area contributed by atoms with Crippen molar-refractivity contribution in [3.8, 4) is 0 Å². The molecule has 6 nitrogen and oxygen atoms in total. The number of aromatic nitrogens is 1.